The average molecular weight is 479 g/mol. The van der Waals surface area contributed by atoms with Crippen molar-refractivity contribution < 1.29 is 28.2 Å². The molecule has 1 saturated heterocycles. The highest BCUT2D eigenvalue weighted by Gasteiger charge is 2.49. The van der Waals surface area contributed by atoms with Crippen LogP contribution in [0, 0.1) is 5.82 Å². The zero-order valence-corrected chi connectivity index (χ0v) is 18.8. The first kappa shape index (κ1) is 21.8. The van der Waals surface area contributed by atoms with E-state index in [1.165, 1.54) is 29.4 Å². The number of hydrogen-bond acceptors (Lipinski definition) is 7. The van der Waals surface area contributed by atoms with Crippen LogP contribution in [-0.2, 0) is 9.59 Å². The maximum atomic E-state index is 13.7. The lowest BCUT2D eigenvalue weighted by Gasteiger charge is -2.20. The Morgan fingerprint density at radius 3 is 2.82 bits per heavy atom. The molecule has 7 nitrogen and oxygen atoms in total. The Morgan fingerprint density at radius 1 is 1.21 bits per heavy atom. The predicted octanol–water partition coefficient (Wildman–Crippen LogP) is 5.44. The molecule has 1 amide bonds. The molecule has 1 aliphatic rings. The van der Waals surface area contributed by atoms with Gasteiger partial charge in [0, 0.05) is 5.56 Å². The molecule has 1 N–H and O–H groups in total. The van der Waals surface area contributed by atoms with Crippen molar-refractivity contribution in [2.75, 3.05) is 11.5 Å². The van der Waals surface area contributed by atoms with E-state index >= 15 is 0 Å². The van der Waals surface area contributed by atoms with Gasteiger partial charge in [-0.3, -0.25) is 14.5 Å². The number of rotatable bonds is 6. The van der Waals surface area contributed by atoms with Gasteiger partial charge in [0.2, 0.25) is 0 Å². The van der Waals surface area contributed by atoms with E-state index in [-0.39, 0.29) is 22.2 Å². The van der Waals surface area contributed by atoms with Crippen molar-refractivity contribution in [1.29, 1.82) is 0 Å². The highest BCUT2D eigenvalue weighted by molar-refractivity contribution is 7.22. The van der Waals surface area contributed by atoms with Crippen molar-refractivity contribution in [2.24, 2.45) is 0 Å². The molecule has 2 aromatic carbocycles. The van der Waals surface area contributed by atoms with Gasteiger partial charge in [-0.2, -0.15) is 0 Å². The van der Waals surface area contributed by atoms with Crippen LogP contribution in [0.4, 0.5) is 9.52 Å². The third-order valence-corrected chi connectivity index (χ3v) is 6.40. The second-order valence-electron chi connectivity index (χ2n) is 7.67. The van der Waals surface area contributed by atoms with E-state index in [9.17, 15) is 19.1 Å². The molecule has 0 aliphatic carbocycles. The molecule has 1 aliphatic heterocycles. The molecule has 1 atom stereocenters. The number of aliphatic hydroxyl groups excluding tert-OH is 1. The standard InChI is InChI=1S/C25H19FN2O5S/c1-2-10-32-16-6-3-5-14(12-16)22(29)20-21(18-7-4-11-33-18)28(24(31)23(20)30)25-27-17-9-8-15(26)13-19(17)34-25/h3-9,11-13,21,29H,2,10H2,1H3. The minimum Gasteiger partial charge on any atom is -0.507 e. The predicted molar refractivity (Wildman–Crippen MR) is 125 cm³/mol. The Labute approximate surface area is 197 Å². The van der Waals surface area contributed by atoms with Crippen LogP contribution >= 0.6 is 11.3 Å². The monoisotopic (exact) mass is 478 g/mol. The van der Waals surface area contributed by atoms with Gasteiger partial charge in [-0.1, -0.05) is 30.4 Å². The van der Waals surface area contributed by atoms with Gasteiger partial charge in [0.25, 0.3) is 5.78 Å². The Hall–Kier alpha value is -3.98. The number of carbonyl (C=O) groups excluding carboxylic acids is 2. The molecule has 1 fully saturated rings. The minimum absolute atomic E-state index is 0.127. The largest absolute Gasteiger partial charge is 0.507 e. The molecular weight excluding hydrogens is 459 g/mol. The number of furan rings is 1. The number of benzene rings is 2. The number of carbonyl (C=O) groups is 2. The van der Waals surface area contributed by atoms with E-state index in [0.717, 1.165) is 17.8 Å². The second-order valence-corrected chi connectivity index (χ2v) is 8.68. The summed E-state index contributed by atoms with van der Waals surface area (Å²) in [7, 11) is 0. The van der Waals surface area contributed by atoms with Gasteiger partial charge in [0.15, 0.2) is 5.13 Å². The second kappa shape index (κ2) is 8.75. The fraction of sp³-hybridized carbons (Fsp3) is 0.160. The lowest BCUT2D eigenvalue weighted by Crippen LogP contribution is -2.29. The quantitative estimate of drug-likeness (QED) is 0.225. The van der Waals surface area contributed by atoms with Crippen LogP contribution in [0.15, 0.2) is 70.9 Å². The van der Waals surface area contributed by atoms with E-state index in [2.05, 4.69) is 4.98 Å². The number of ether oxygens (including phenoxy) is 1. The van der Waals surface area contributed by atoms with Gasteiger partial charge in [-0.25, -0.2) is 9.37 Å². The molecule has 0 bridgehead atoms. The van der Waals surface area contributed by atoms with Crippen LogP contribution in [0.3, 0.4) is 0 Å². The van der Waals surface area contributed by atoms with Gasteiger partial charge < -0.3 is 14.3 Å². The fourth-order valence-electron chi connectivity index (χ4n) is 3.84. The van der Waals surface area contributed by atoms with Gasteiger partial charge in [-0.15, -0.1) is 0 Å². The number of Topliss-reactive ketones (excluding diaryl/α,β-unsaturated/α-hetero) is 1. The van der Waals surface area contributed by atoms with Gasteiger partial charge >= 0.3 is 5.91 Å². The molecule has 5 rings (SSSR count). The van der Waals surface area contributed by atoms with Crippen molar-refractivity contribution in [2.45, 2.75) is 19.4 Å². The Bertz CT molecular complexity index is 1430. The van der Waals surface area contributed by atoms with Crippen LogP contribution in [-0.4, -0.2) is 28.4 Å². The van der Waals surface area contributed by atoms with Crippen molar-refractivity contribution in [3.63, 3.8) is 0 Å². The summed E-state index contributed by atoms with van der Waals surface area (Å²) in [6.45, 7) is 2.48. The molecule has 34 heavy (non-hydrogen) atoms. The van der Waals surface area contributed by atoms with Crippen molar-refractivity contribution in [3.05, 3.63) is 83.6 Å². The van der Waals surface area contributed by atoms with Crippen LogP contribution in [0.5, 0.6) is 5.75 Å². The molecule has 0 spiro atoms. The summed E-state index contributed by atoms with van der Waals surface area (Å²) in [4.78, 5) is 32.0. The van der Waals surface area contributed by atoms with E-state index < -0.39 is 23.5 Å². The summed E-state index contributed by atoms with van der Waals surface area (Å²) < 4.78 is 25.4. The summed E-state index contributed by atoms with van der Waals surface area (Å²) in [5, 5.41) is 11.4. The average Bonchev–Trinajstić information content (AvgIpc) is 3.56. The molecule has 4 aromatic rings. The topological polar surface area (TPSA) is 92.9 Å². The minimum atomic E-state index is -1.04. The normalized spacial score (nSPS) is 17.6. The molecule has 9 heteroatoms. The summed E-state index contributed by atoms with van der Waals surface area (Å²) in [5.74, 6) is -1.70. The molecule has 3 heterocycles. The van der Waals surface area contributed by atoms with Crippen molar-refractivity contribution in [1.82, 2.24) is 4.98 Å². The number of aromatic nitrogens is 1. The molecule has 1 unspecified atom stereocenters. The number of nitrogens with zero attached hydrogens (tertiary/aromatic N) is 2. The first-order chi connectivity index (χ1) is 16.5. The lowest BCUT2D eigenvalue weighted by atomic mass is 9.99. The Balaban J connectivity index is 1.65. The SMILES string of the molecule is CCCOc1cccc(C(O)=C2C(=O)C(=O)N(c3nc4ccc(F)cc4s3)C2c2ccco2)c1. The summed E-state index contributed by atoms with van der Waals surface area (Å²) in [6.07, 6.45) is 2.23. The van der Waals surface area contributed by atoms with E-state index in [4.69, 9.17) is 9.15 Å². The number of amides is 1. The van der Waals surface area contributed by atoms with Gasteiger partial charge in [0.05, 0.1) is 28.7 Å². The first-order valence-electron chi connectivity index (χ1n) is 10.6. The molecule has 0 saturated carbocycles. The Kier molecular flexibility index (Phi) is 5.62. The molecule has 0 radical (unpaired) electrons. The highest BCUT2D eigenvalue weighted by Crippen LogP contribution is 2.44. The van der Waals surface area contributed by atoms with Gasteiger partial charge in [0.1, 0.15) is 29.1 Å². The number of aliphatic hydroxyl groups is 1. The number of halogens is 1. The molecule has 172 valence electrons. The lowest BCUT2D eigenvalue weighted by molar-refractivity contribution is -0.132. The van der Waals surface area contributed by atoms with E-state index in [1.807, 2.05) is 6.92 Å². The first-order valence-corrected chi connectivity index (χ1v) is 11.4. The smallest absolute Gasteiger partial charge is 0.302 e. The summed E-state index contributed by atoms with van der Waals surface area (Å²) in [5.41, 5.74) is 0.690. The number of hydrogen-bond donors (Lipinski definition) is 1. The zero-order chi connectivity index (χ0) is 23.8. The van der Waals surface area contributed by atoms with Crippen LogP contribution in [0.2, 0.25) is 0 Å². The molecular formula is C25H19FN2O5S. The van der Waals surface area contributed by atoms with Gasteiger partial charge in [-0.05, 0) is 48.9 Å². The number of anilines is 1. The van der Waals surface area contributed by atoms with E-state index in [1.54, 1.807) is 36.4 Å². The number of thiazole rings is 1. The highest BCUT2D eigenvalue weighted by atomic mass is 32.1. The van der Waals surface area contributed by atoms with Crippen molar-refractivity contribution in [3.8, 4) is 5.75 Å². The number of ketones is 1. The summed E-state index contributed by atoms with van der Waals surface area (Å²) >= 11 is 1.07. The Morgan fingerprint density at radius 2 is 2.06 bits per heavy atom. The van der Waals surface area contributed by atoms with Crippen LogP contribution < -0.4 is 9.64 Å². The van der Waals surface area contributed by atoms with E-state index in [0.29, 0.717) is 28.1 Å². The maximum absolute atomic E-state index is 13.7. The summed E-state index contributed by atoms with van der Waals surface area (Å²) in [6, 6.07) is 13.0. The van der Waals surface area contributed by atoms with Crippen molar-refractivity contribution >= 4 is 44.1 Å². The van der Waals surface area contributed by atoms with Crippen LogP contribution in [0.25, 0.3) is 16.0 Å². The molecule has 2 aromatic heterocycles. The third kappa shape index (κ3) is 3.73. The van der Waals surface area contributed by atoms with Crippen LogP contribution in [0.1, 0.15) is 30.7 Å². The zero-order valence-electron chi connectivity index (χ0n) is 18.0. The third-order valence-electron chi connectivity index (χ3n) is 5.38. The fourth-order valence-corrected chi connectivity index (χ4v) is 4.86. The number of fused-ring (bicyclic) bond motifs is 1. The maximum Gasteiger partial charge on any atom is 0.302 e.